The molecule has 2 heterocycles. The molecule has 1 unspecified atom stereocenters. The van der Waals surface area contributed by atoms with Gasteiger partial charge in [-0.05, 0) is 30.7 Å². The molecule has 0 saturated carbocycles. The molecule has 0 fully saturated rings. The number of anilines is 3. The fourth-order valence-corrected chi connectivity index (χ4v) is 2.89. The number of rotatable bonds is 8. The van der Waals surface area contributed by atoms with Crippen molar-refractivity contribution < 1.29 is 14.0 Å². The van der Waals surface area contributed by atoms with Gasteiger partial charge in [0.25, 0.3) is 5.91 Å². The molecule has 3 aromatic rings. The standard InChI is InChI=1S/C20H21FN6O2/c1-2-4-15(18(23)29)26-20-14(21)10-13(17(22)28)19(27-20)25-12-7-6-11-5-3-8-24-16(11)9-12/h3,5-10,15H,2,4H2,1H3,(H2,22,28)(H2,23,29)(H2,25,26,27). The fourth-order valence-electron chi connectivity index (χ4n) is 2.89. The number of amides is 2. The number of nitrogens with one attached hydrogen (secondary N) is 2. The van der Waals surface area contributed by atoms with E-state index in [9.17, 15) is 14.0 Å². The maximum absolute atomic E-state index is 14.5. The Morgan fingerprint density at radius 1 is 1.17 bits per heavy atom. The number of halogens is 1. The van der Waals surface area contributed by atoms with E-state index in [4.69, 9.17) is 11.5 Å². The number of fused-ring (bicyclic) bond motifs is 1. The number of carbonyl (C=O) groups is 2. The lowest BCUT2D eigenvalue weighted by molar-refractivity contribution is -0.118. The number of carbonyl (C=O) groups excluding carboxylic acids is 2. The molecule has 3 rings (SSSR count). The van der Waals surface area contributed by atoms with Crippen LogP contribution in [-0.4, -0.2) is 27.8 Å². The van der Waals surface area contributed by atoms with Crippen LogP contribution in [0.25, 0.3) is 10.9 Å². The zero-order chi connectivity index (χ0) is 21.0. The molecule has 1 atom stereocenters. The number of pyridine rings is 2. The molecule has 0 aliphatic rings. The van der Waals surface area contributed by atoms with Crippen LogP contribution in [0.4, 0.5) is 21.7 Å². The summed E-state index contributed by atoms with van der Waals surface area (Å²) in [5.74, 6) is -2.43. The third-order valence-corrected chi connectivity index (χ3v) is 4.34. The Morgan fingerprint density at radius 2 is 1.97 bits per heavy atom. The van der Waals surface area contributed by atoms with E-state index in [1.54, 1.807) is 18.3 Å². The van der Waals surface area contributed by atoms with Gasteiger partial charge in [0, 0.05) is 17.3 Å². The molecule has 8 nitrogen and oxygen atoms in total. The molecule has 150 valence electrons. The summed E-state index contributed by atoms with van der Waals surface area (Å²) in [6.45, 7) is 1.87. The summed E-state index contributed by atoms with van der Waals surface area (Å²) in [6.07, 6.45) is 2.74. The summed E-state index contributed by atoms with van der Waals surface area (Å²) in [5.41, 5.74) is 11.9. The summed E-state index contributed by atoms with van der Waals surface area (Å²) in [4.78, 5) is 31.8. The van der Waals surface area contributed by atoms with Gasteiger partial charge >= 0.3 is 0 Å². The number of hydrogen-bond donors (Lipinski definition) is 4. The van der Waals surface area contributed by atoms with E-state index in [0.717, 1.165) is 17.0 Å². The van der Waals surface area contributed by atoms with Gasteiger partial charge in [0.1, 0.15) is 11.9 Å². The second-order valence-corrected chi connectivity index (χ2v) is 6.50. The molecular weight excluding hydrogens is 375 g/mol. The van der Waals surface area contributed by atoms with Gasteiger partial charge in [-0.15, -0.1) is 0 Å². The van der Waals surface area contributed by atoms with Gasteiger partial charge in [-0.3, -0.25) is 14.6 Å². The van der Waals surface area contributed by atoms with E-state index < -0.39 is 23.7 Å². The Morgan fingerprint density at radius 3 is 2.66 bits per heavy atom. The third kappa shape index (κ3) is 4.57. The Hall–Kier alpha value is -3.75. The number of aromatic nitrogens is 2. The van der Waals surface area contributed by atoms with Gasteiger partial charge in [-0.25, -0.2) is 9.37 Å². The van der Waals surface area contributed by atoms with Crippen molar-refractivity contribution in [3.63, 3.8) is 0 Å². The first kappa shape index (κ1) is 20.0. The largest absolute Gasteiger partial charge is 0.368 e. The first-order valence-electron chi connectivity index (χ1n) is 9.07. The van der Waals surface area contributed by atoms with E-state index in [1.807, 2.05) is 25.1 Å². The molecule has 0 spiro atoms. The van der Waals surface area contributed by atoms with Crippen molar-refractivity contribution in [3.8, 4) is 0 Å². The first-order valence-corrected chi connectivity index (χ1v) is 9.07. The lowest BCUT2D eigenvalue weighted by atomic mass is 10.1. The summed E-state index contributed by atoms with van der Waals surface area (Å²) < 4.78 is 14.5. The number of nitrogens with two attached hydrogens (primary N) is 2. The number of primary amides is 2. The molecule has 0 aliphatic carbocycles. The second-order valence-electron chi connectivity index (χ2n) is 6.50. The summed E-state index contributed by atoms with van der Waals surface area (Å²) in [7, 11) is 0. The van der Waals surface area contributed by atoms with Crippen LogP contribution in [0.2, 0.25) is 0 Å². The predicted octanol–water partition coefficient (Wildman–Crippen LogP) is 2.68. The molecule has 0 aliphatic heterocycles. The van der Waals surface area contributed by atoms with Crippen molar-refractivity contribution >= 4 is 40.0 Å². The molecule has 1 aromatic carbocycles. The Balaban J connectivity index is 1.98. The third-order valence-electron chi connectivity index (χ3n) is 4.34. The molecule has 2 aromatic heterocycles. The molecule has 6 N–H and O–H groups in total. The van der Waals surface area contributed by atoms with E-state index in [2.05, 4.69) is 20.6 Å². The van der Waals surface area contributed by atoms with Crippen LogP contribution in [0, 0.1) is 5.82 Å². The van der Waals surface area contributed by atoms with Gasteiger partial charge in [-0.1, -0.05) is 25.5 Å². The molecule has 0 saturated heterocycles. The quantitative estimate of drug-likeness (QED) is 0.462. The minimum Gasteiger partial charge on any atom is -0.368 e. The van der Waals surface area contributed by atoms with Crippen molar-refractivity contribution in [1.29, 1.82) is 0 Å². The smallest absolute Gasteiger partial charge is 0.252 e. The van der Waals surface area contributed by atoms with Gasteiger partial charge in [-0.2, -0.15) is 0 Å². The lowest BCUT2D eigenvalue weighted by Crippen LogP contribution is -2.36. The lowest BCUT2D eigenvalue weighted by Gasteiger charge is -2.18. The van der Waals surface area contributed by atoms with Crippen LogP contribution in [0.5, 0.6) is 0 Å². The Kier molecular flexibility index (Phi) is 5.87. The normalized spacial score (nSPS) is 11.8. The van der Waals surface area contributed by atoms with Crippen molar-refractivity contribution in [1.82, 2.24) is 9.97 Å². The maximum Gasteiger partial charge on any atom is 0.252 e. The molecule has 29 heavy (non-hydrogen) atoms. The summed E-state index contributed by atoms with van der Waals surface area (Å²) in [5, 5.41) is 6.61. The number of hydrogen-bond acceptors (Lipinski definition) is 6. The van der Waals surface area contributed by atoms with Crippen molar-refractivity contribution in [2.45, 2.75) is 25.8 Å². The molecular formula is C20H21FN6O2. The van der Waals surface area contributed by atoms with Gasteiger partial charge in [0.15, 0.2) is 11.6 Å². The number of benzene rings is 1. The fraction of sp³-hybridized carbons (Fsp3) is 0.200. The van der Waals surface area contributed by atoms with Gasteiger partial charge < -0.3 is 22.1 Å². The van der Waals surface area contributed by atoms with Gasteiger partial charge in [0.05, 0.1) is 11.1 Å². The van der Waals surface area contributed by atoms with E-state index in [1.165, 1.54) is 0 Å². The topological polar surface area (TPSA) is 136 Å². The van der Waals surface area contributed by atoms with Crippen molar-refractivity contribution in [2.75, 3.05) is 10.6 Å². The molecule has 2 amide bonds. The molecule has 0 radical (unpaired) electrons. The average Bonchev–Trinajstić information content (AvgIpc) is 2.69. The maximum atomic E-state index is 14.5. The Bertz CT molecular complexity index is 1070. The number of nitrogens with zero attached hydrogens (tertiary/aromatic N) is 2. The molecule has 9 heteroatoms. The van der Waals surface area contributed by atoms with Crippen molar-refractivity contribution in [2.24, 2.45) is 11.5 Å². The molecule has 0 bridgehead atoms. The summed E-state index contributed by atoms with van der Waals surface area (Å²) in [6, 6.07) is 9.31. The zero-order valence-electron chi connectivity index (χ0n) is 15.8. The van der Waals surface area contributed by atoms with Crippen LogP contribution in [0.1, 0.15) is 30.1 Å². The first-order chi connectivity index (χ1) is 13.9. The van der Waals surface area contributed by atoms with E-state index in [0.29, 0.717) is 18.5 Å². The minimum atomic E-state index is -0.843. The van der Waals surface area contributed by atoms with Crippen molar-refractivity contribution in [3.05, 3.63) is 54.0 Å². The SMILES string of the molecule is CCCC(Nc1nc(Nc2ccc3cccnc3c2)c(C(N)=O)cc1F)C(N)=O. The van der Waals surface area contributed by atoms with E-state index >= 15 is 0 Å². The monoisotopic (exact) mass is 396 g/mol. The Labute approximate surface area is 166 Å². The van der Waals surface area contributed by atoms with Crippen LogP contribution in [0.3, 0.4) is 0 Å². The second kappa shape index (κ2) is 8.51. The highest BCUT2D eigenvalue weighted by Gasteiger charge is 2.20. The minimum absolute atomic E-state index is 0.0522. The van der Waals surface area contributed by atoms with Crippen LogP contribution >= 0.6 is 0 Å². The van der Waals surface area contributed by atoms with Gasteiger partial charge in [0.2, 0.25) is 5.91 Å². The highest BCUT2D eigenvalue weighted by molar-refractivity contribution is 5.99. The highest BCUT2D eigenvalue weighted by Crippen LogP contribution is 2.26. The highest BCUT2D eigenvalue weighted by atomic mass is 19.1. The van der Waals surface area contributed by atoms with Crippen LogP contribution in [-0.2, 0) is 4.79 Å². The van der Waals surface area contributed by atoms with E-state index in [-0.39, 0.29) is 17.2 Å². The van der Waals surface area contributed by atoms with Crippen LogP contribution in [0.15, 0.2) is 42.6 Å². The predicted molar refractivity (Wildman–Crippen MR) is 109 cm³/mol. The summed E-state index contributed by atoms with van der Waals surface area (Å²) >= 11 is 0. The average molecular weight is 396 g/mol. The zero-order valence-corrected chi connectivity index (χ0v) is 15.8. The van der Waals surface area contributed by atoms with Crippen LogP contribution < -0.4 is 22.1 Å².